The first-order valence-electron chi connectivity index (χ1n) is 18.8. The zero-order valence-electron chi connectivity index (χ0n) is 30.7. The molecule has 0 aliphatic heterocycles. The molecule has 4 fully saturated rings. The first-order chi connectivity index (χ1) is 23.3. The minimum atomic E-state index is -0.955. The van der Waals surface area contributed by atoms with Gasteiger partial charge in [-0.1, -0.05) is 80.6 Å². The molecule has 1 aromatic heterocycles. The molecule has 49 heavy (non-hydrogen) atoms. The molecule has 262 valence electrons. The summed E-state index contributed by atoms with van der Waals surface area (Å²) in [7, 11) is 0. The van der Waals surface area contributed by atoms with Crippen LogP contribution in [0.25, 0.3) is 0 Å². The molecule has 1 heterocycles. The molecule has 7 rings (SSSR count). The lowest BCUT2D eigenvalue weighted by atomic mass is 9.54. The van der Waals surface area contributed by atoms with E-state index in [0.29, 0.717) is 37.0 Å². The van der Waals surface area contributed by atoms with Gasteiger partial charge >= 0.3 is 11.9 Å². The van der Waals surface area contributed by atoms with Gasteiger partial charge in [-0.3, -0.25) is 14.6 Å². The summed E-state index contributed by atoms with van der Waals surface area (Å²) in [6.45, 7) is 12.4. The van der Waals surface area contributed by atoms with E-state index >= 15 is 0 Å². The standard InChI is InChI=1S/C44H57NO4/c1-7-41(4,37-20-14-15-25-45-37)23-24-42(5,39(47)49-44-29-32-26-33(30-44)28-34(27-32)31-44)22-21-40(2,3)38(46)48-43(6,35-16-10-8-11-17-35)36-18-12-9-13-19-36/h8-20,25,32-34H,7,21-24,26-31H2,1-6H3. The van der Waals surface area contributed by atoms with Crippen molar-refractivity contribution in [2.75, 3.05) is 0 Å². The lowest BCUT2D eigenvalue weighted by Crippen LogP contribution is -2.54. The van der Waals surface area contributed by atoms with E-state index in [0.717, 1.165) is 48.9 Å². The smallest absolute Gasteiger partial charge is 0.312 e. The van der Waals surface area contributed by atoms with E-state index in [1.807, 2.05) is 99.8 Å². The Morgan fingerprint density at radius 1 is 0.694 bits per heavy atom. The zero-order chi connectivity index (χ0) is 34.9. The number of nitrogens with zero attached hydrogens (tertiary/aromatic N) is 1. The molecule has 0 amide bonds. The van der Waals surface area contributed by atoms with Crippen LogP contribution < -0.4 is 0 Å². The number of hydrogen-bond acceptors (Lipinski definition) is 5. The van der Waals surface area contributed by atoms with Crippen molar-refractivity contribution in [1.82, 2.24) is 4.98 Å². The van der Waals surface area contributed by atoms with Crippen molar-refractivity contribution in [3.63, 3.8) is 0 Å². The third-order valence-electron chi connectivity index (χ3n) is 12.9. The van der Waals surface area contributed by atoms with Crippen LogP contribution in [0.1, 0.15) is 129 Å². The van der Waals surface area contributed by atoms with Gasteiger partial charge in [-0.15, -0.1) is 0 Å². The molecule has 4 bridgehead atoms. The van der Waals surface area contributed by atoms with E-state index in [1.165, 1.54) is 19.3 Å². The summed E-state index contributed by atoms with van der Waals surface area (Å²) in [6, 6.07) is 26.0. The molecule has 5 heteroatoms. The molecule has 0 N–H and O–H groups in total. The fourth-order valence-corrected chi connectivity index (χ4v) is 9.37. The summed E-state index contributed by atoms with van der Waals surface area (Å²) in [5, 5.41) is 0. The SMILES string of the molecule is CCC(C)(CCC(C)(CCC(C)(C)C(=O)OC(C)(c1ccccc1)c1ccccc1)C(=O)OC12CC3CC(CC(C3)C1)C2)c1ccccn1. The molecule has 2 unspecified atom stereocenters. The first kappa shape index (κ1) is 35.4. The average Bonchev–Trinajstić information content (AvgIpc) is 3.10. The molecule has 4 aliphatic carbocycles. The minimum absolute atomic E-state index is 0.0866. The highest BCUT2D eigenvalue weighted by Crippen LogP contribution is 2.58. The third kappa shape index (κ3) is 7.37. The maximum atomic E-state index is 14.6. The number of benzene rings is 2. The molecule has 0 saturated heterocycles. The molecule has 4 saturated carbocycles. The van der Waals surface area contributed by atoms with Crippen LogP contribution in [0.5, 0.6) is 0 Å². The Morgan fingerprint density at radius 3 is 1.69 bits per heavy atom. The van der Waals surface area contributed by atoms with Crippen LogP contribution in [0.15, 0.2) is 85.1 Å². The van der Waals surface area contributed by atoms with Crippen LogP contribution >= 0.6 is 0 Å². The van der Waals surface area contributed by atoms with Crippen molar-refractivity contribution in [3.8, 4) is 0 Å². The van der Waals surface area contributed by atoms with Gasteiger partial charge in [0.2, 0.25) is 0 Å². The Labute approximate surface area is 294 Å². The second-order valence-corrected chi connectivity index (χ2v) is 17.2. The van der Waals surface area contributed by atoms with Crippen molar-refractivity contribution < 1.29 is 19.1 Å². The molecule has 2 aromatic carbocycles. The van der Waals surface area contributed by atoms with Crippen molar-refractivity contribution >= 4 is 11.9 Å². The van der Waals surface area contributed by atoms with Gasteiger partial charge in [0.05, 0.1) is 10.8 Å². The van der Waals surface area contributed by atoms with Crippen LogP contribution in [0.4, 0.5) is 0 Å². The summed E-state index contributed by atoms with van der Waals surface area (Å²) in [5.41, 5.74) is -0.140. The number of rotatable bonds is 14. The molecular weight excluding hydrogens is 606 g/mol. The summed E-state index contributed by atoms with van der Waals surface area (Å²) < 4.78 is 13.3. The third-order valence-corrected chi connectivity index (χ3v) is 12.9. The summed E-state index contributed by atoms with van der Waals surface area (Å²) in [4.78, 5) is 33.6. The monoisotopic (exact) mass is 663 g/mol. The van der Waals surface area contributed by atoms with Gasteiger partial charge in [-0.25, -0.2) is 0 Å². The van der Waals surface area contributed by atoms with Gasteiger partial charge in [-0.2, -0.15) is 0 Å². The number of aromatic nitrogens is 1. The van der Waals surface area contributed by atoms with Crippen LogP contribution in [0, 0.1) is 28.6 Å². The molecule has 2 atom stereocenters. The Kier molecular flexibility index (Phi) is 9.87. The number of hydrogen-bond donors (Lipinski definition) is 0. The van der Waals surface area contributed by atoms with E-state index in [1.54, 1.807) is 0 Å². The average molecular weight is 664 g/mol. The summed E-state index contributed by atoms with van der Waals surface area (Å²) >= 11 is 0. The molecule has 3 aromatic rings. The van der Waals surface area contributed by atoms with Crippen LogP contribution in [-0.2, 0) is 30.1 Å². The highest BCUT2D eigenvalue weighted by Gasteiger charge is 2.55. The zero-order valence-corrected chi connectivity index (χ0v) is 30.7. The largest absolute Gasteiger partial charge is 0.459 e. The predicted molar refractivity (Wildman–Crippen MR) is 195 cm³/mol. The van der Waals surface area contributed by atoms with Gasteiger partial charge in [-0.05, 0) is 139 Å². The van der Waals surface area contributed by atoms with Gasteiger partial charge in [0.1, 0.15) is 5.60 Å². The number of carbonyl (C=O) groups is 2. The van der Waals surface area contributed by atoms with E-state index in [9.17, 15) is 9.59 Å². The Hall–Kier alpha value is -3.47. The number of ether oxygens (including phenoxy) is 2. The van der Waals surface area contributed by atoms with Crippen molar-refractivity contribution in [2.24, 2.45) is 28.6 Å². The number of esters is 2. The fraction of sp³-hybridized carbons (Fsp3) is 0.568. The van der Waals surface area contributed by atoms with E-state index in [2.05, 4.69) is 26.8 Å². The Bertz CT molecular complexity index is 1510. The molecule has 5 nitrogen and oxygen atoms in total. The van der Waals surface area contributed by atoms with Gasteiger partial charge < -0.3 is 9.47 Å². The van der Waals surface area contributed by atoms with Crippen molar-refractivity contribution in [3.05, 3.63) is 102 Å². The van der Waals surface area contributed by atoms with Crippen LogP contribution in [0.3, 0.4) is 0 Å². The molecule has 0 spiro atoms. The van der Waals surface area contributed by atoms with Crippen molar-refractivity contribution in [2.45, 2.75) is 129 Å². The number of pyridine rings is 1. The van der Waals surface area contributed by atoms with E-state index in [-0.39, 0.29) is 23.0 Å². The second-order valence-electron chi connectivity index (χ2n) is 17.2. The van der Waals surface area contributed by atoms with Gasteiger partial charge in [0.15, 0.2) is 5.60 Å². The summed E-state index contributed by atoms with van der Waals surface area (Å²) in [5.74, 6) is 1.71. The topological polar surface area (TPSA) is 65.5 Å². The second kappa shape index (κ2) is 13.7. The Balaban J connectivity index is 1.23. The fourth-order valence-electron chi connectivity index (χ4n) is 9.37. The van der Waals surface area contributed by atoms with E-state index < -0.39 is 16.4 Å². The molecular formula is C44H57NO4. The van der Waals surface area contributed by atoms with Crippen molar-refractivity contribution in [1.29, 1.82) is 0 Å². The Morgan fingerprint density at radius 2 is 1.20 bits per heavy atom. The highest BCUT2D eigenvalue weighted by molar-refractivity contribution is 5.78. The van der Waals surface area contributed by atoms with E-state index in [4.69, 9.17) is 14.5 Å². The van der Waals surface area contributed by atoms with Gasteiger partial charge in [0.25, 0.3) is 0 Å². The molecule has 0 radical (unpaired) electrons. The lowest BCUT2D eigenvalue weighted by molar-refractivity contribution is -0.198. The van der Waals surface area contributed by atoms with Gasteiger partial charge in [0, 0.05) is 17.3 Å². The van der Waals surface area contributed by atoms with Crippen LogP contribution in [-0.4, -0.2) is 22.5 Å². The molecule has 4 aliphatic rings. The first-order valence-corrected chi connectivity index (χ1v) is 18.8. The number of carbonyl (C=O) groups excluding carboxylic acids is 2. The normalized spacial score (nSPS) is 25.6. The minimum Gasteiger partial charge on any atom is -0.459 e. The maximum absolute atomic E-state index is 14.6. The highest BCUT2D eigenvalue weighted by atomic mass is 16.6. The summed E-state index contributed by atoms with van der Waals surface area (Å²) in [6.07, 6.45) is 12.2. The van der Waals surface area contributed by atoms with Crippen LogP contribution in [0.2, 0.25) is 0 Å². The maximum Gasteiger partial charge on any atom is 0.312 e. The predicted octanol–water partition coefficient (Wildman–Crippen LogP) is 10.4. The quantitative estimate of drug-likeness (QED) is 0.161. The lowest BCUT2D eigenvalue weighted by Gasteiger charge is -2.56.